The van der Waals surface area contributed by atoms with E-state index in [9.17, 15) is 33.3 Å². The molecule has 0 fully saturated rings. The van der Waals surface area contributed by atoms with Crippen molar-refractivity contribution in [1.29, 1.82) is 0 Å². The molecule has 7 nitrogen and oxygen atoms in total. The fraction of sp³-hybridized carbons (Fsp3) is 0.391. The van der Waals surface area contributed by atoms with Gasteiger partial charge in [-0.3, -0.25) is 4.79 Å². The summed E-state index contributed by atoms with van der Waals surface area (Å²) in [6.45, 7) is 2.07. The van der Waals surface area contributed by atoms with Crippen LogP contribution in [0.15, 0.2) is 41.3 Å². The molecule has 2 atom stereocenters. The van der Waals surface area contributed by atoms with Gasteiger partial charge < -0.3 is 20.6 Å². The van der Waals surface area contributed by atoms with E-state index in [1.165, 1.54) is 51.4 Å². The predicted molar refractivity (Wildman–Crippen MR) is 121 cm³/mol. The van der Waals surface area contributed by atoms with Crippen LogP contribution in [0.25, 0.3) is 10.8 Å². The molecule has 0 spiro atoms. The van der Waals surface area contributed by atoms with Crippen molar-refractivity contribution >= 4 is 28.1 Å². The van der Waals surface area contributed by atoms with E-state index in [0.717, 1.165) is 4.68 Å². The minimum atomic E-state index is -5.22. The molecule has 3 aromatic rings. The van der Waals surface area contributed by atoms with Crippen LogP contribution in [-0.4, -0.2) is 43.4 Å². The molecule has 0 aliphatic heterocycles. The number of aromatic nitrogens is 2. The average Bonchev–Trinajstić information content (AvgIpc) is 2.74. The Kier molecular flexibility index (Phi) is 5.43. The molecule has 34 heavy (non-hydrogen) atoms. The summed E-state index contributed by atoms with van der Waals surface area (Å²) in [4.78, 5) is 12.4. The van der Waals surface area contributed by atoms with Gasteiger partial charge in [0.2, 0.25) is 0 Å². The number of fused-ring (bicyclic) bond motifs is 2. The number of hydrogen-bond donors (Lipinski definition) is 4. The minimum absolute atomic E-state index is 0.0201. The Labute approximate surface area is 197 Å². The van der Waals surface area contributed by atoms with E-state index in [1.807, 2.05) is 0 Å². The second kappa shape index (κ2) is 7.59. The Morgan fingerprint density at radius 1 is 1.18 bits per heavy atom. The maximum Gasteiger partial charge on any atom is 0.420 e. The lowest BCUT2D eigenvalue weighted by Gasteiger charge is -2.53. The summed E-state index contributed by atoms with van der Waals surface area (Å²) in [5, 5.41) is 40.5. The number of nitrogens with one attached hydrogen (secondary N) is 1. The average molecular weight is 498 g/mol. The SMILES string of the molecule is Cn1ncc2c(NCC3(O)c4ccc(Cl)c(O)c4C(C)(C)CC3(O)C(F)(F)F)cccc2c1=O. The van der Waals surface area contributed by atoms with Gasteiger partial charge in [0.25, 0.3) is 5.56 Å². The van der Waals surface area contributed by atoms with E-state index in [2.05, 4.69) is 10.4 Å². The first-order valence-electron chi connectivity index (χ1n) is 10.4. The van der Waals surface area contributed by atoms with Crippen LogP contribution in [0.3, 0.4) is 0 Å². The number of aryl methyl sites for hydroxylation is 1. The molecule has 0 saturated carbocycles. The topological polar surface area (TPSA) is 108 Å². The van der Waals surface area contributed by atoms with Gasteiger partial charge in [-0.1, -0.05) is 37.6 Å². The fourth-order valence-electron chi connectivity index (χ4n) is 4.91. The van der Waals surface area contributed by atoms with Crippen LogP contribution in [0.5, 0.6) is 5.75 Å². The molecule has 1 aromatic heterocycles. The van der Waals surface area contributed by atoms with Crippen LogP contribution >= 0.6 is 11.6 Å². The Morgan fingerprint density at radius 2 is 1.85 bits per heavy atom. The summed E-state index contributed by atoms with van der Waals surface area (Å²) in [7, 11) is 1.46. The first-order chi connectivity index (χ1) is 15.6. The summed E-state index contributed by atoms with van der Waals surface area (Å²) < 4.78 is 44.1. The Bertz CT molecular complexity index is 1360. The number of phenolic OH excluding ortho intramolecular Hbond substituents is 1. The van der Waals surface area contributed by atoms with Crippen LogP contribution in [0.1, 0.15) is 31.4 Å². The highest BCUT2D eigenvalue weighted by molar-refractivity contribution is 6.32. The zero-order valence-corrected chi connectivity index (χ0v) is 19.3. The van der Waals surface area contributed by atoms with E-state index < -0.39 is 47.1 Å². The number of anilines is 1. The molecule has 2 aromatic carbocycles. The Hall–Kier alpha value is -2.82. The lowest BCUT2D eigenvalue weighted by Crippen LogP contribution is -2.68. The molecule has 11 heteroatoms. The van der Waals surface area contributed by atoms with Crippen molar-refractivity contribution in [3.63, 3.8) is 0 Å². The van der Waals surface area contributed by atoms with Crippen molar-refractivity contribution in [2.75, 3.05) is 11.9 Å². The highest BCUT2D eigenvalue weighted by Gasteiger charge is 2.71. The molecule has 182 valence electrons. The zero-order valence-electron chi connectivity index (χ0n) is 18.5. The molecule has 0 amide bonds. The number of rotatable bonds is 3. The summed E-state index contributed by atoms with van der Waals surface area (Å²) in [5.74, 6) is -0.454. The second-order valence-electron chi connectivity index (χ2n) is 9.29. The highest BCUT2D eigenvalue weighted by atomic mass is 35.5. The third-order valence-corrected chi connectivity index (χ3v) is 6.93. The highest BCUT2D eigenvalue weighted by Crippen LogP contribution is 2.58. The first kappa shape index (κ1) is 24.3. The van der Waals surface area contributed by atoms with E-state index >= 15 is 0 Å². The molecule has 4 N–H and O–H groups in total. The number of alkyl halides is 3. The third kappa shape index (κ3) is 3.35. The normalized spacial score (nSPS) is 24.1. The molecular weight excluding hydrogens is 475 g/mol. The summed E-state index contributed by atoms with van der Waals surface area (Å²) in [6, 6.07) is 6.95. The lowest BCUT2D eigenvalue weighted by molar-refractivity contribution is -0.330. The number of aromatic hydroxyl groups is 1. The van der Waals surface area contributed by atoms with Gasteiger partial charge in [0.1, 0.15) is 11.4 Å². The van der Waals surface area contributed by atoms with Gasteiger partial charge in [0.15, 0.2) is 5.60 Å². The second-order valence-corrected chi connectivity index (χ2v) is 9.70. The van der Waals surface area contributed by atoms with Gasteiger partial charge in [-0.25, -0.2) is 4.68 Å². The van der Waals surface area contributed by atoms with E-state index in [1.54, 1.807) is 6.07 Å². The minimum Gasteiger partial charge on any atom is -0.506 e. The Balaban J connectivity index is 1.90. The van der Waals surface area contributed by atoms with Crippen molar-refractivity contribution in [1.82, 2.24) is 9.78 Å². The number of aliphatic hydroxyl groups is 2. The van der Waals surface area contributed by atoms with Crippen LogP contribution in [0.2, 0.25) is 5.02 Å². The first-order valence-corrected chi connectivity index (χ1v) is 10.7. The van der Waals surface area contributed by atoms with Crippen molar-refractivity contribution in [2.24, 2.45) is 7.05 Å². The maximum absolute atomic E-state index is 14.3. The van der Waals surface area contributed by atoms with Crippen LogP contribution in [0, 0.1) is 0 Å². The fourth-order valence-corrected chi connectivity index (χ4v) is 5.07. The third-order valence-electron chi connectivity index (χ3n) is 6.63. The van der Waals surface area contributed by atoms with Crippen LogP contribution in [-0.2, 0) is 18.1 Å². The van der Waals surface area contributed by atoms with Gasteiger partial charge in [0.05, 0.1) is 23.2 Å². The van der Waals surface area contributed by atoms with Crippen molar-refractivity contribution < 1.29 is 28.5 Å². The summed E-state index contributed by atoms with van der Waals surface area (Å²) >= 11 is 6.02. The molecule has 0 radical (unpaired) electrons. The van der Waals surface area contributed by atoms with Crippen LogP contribution in [0.4, 0.5) is 18.9 Å². The van der Waals surface area contributed by atoms with Gasteiger partial charge in [0, 0.05) is 23.7 Å². The van der Waals surface area contributed by atoms with E-state index in [0.29, 0.717) is 5.39 Å². The molecule has 2 unspecified atom stereocenters. The molecule has 0 bridgehead atoms. The van der Waals surface area contributed by atoms with Crippen LogP contribution < -0.4 is 10.9 Å². The summed E-state index contributed by atoms with van der Waals surface area (Å²) in [5.41, 5.74) is -8.30. The molecule has 1 heterocycles. The quantitative estimate of drug-likeness (QED) is 0.441. The number of nitrogens with zero attached hydrogens (tertiary/aromatic N) is 2. The van der Waals surface area contributed by atoms with E-state index in [4.69, 9.17) is 11.6 Å². The van der Waals surface area contributed by atoms with Gasteiger partial charge in [-0.15, -0.1) is 0 Å². The van der Waals surface area contributed by atoms with Gasteiger partial charge in [-0.05, 0) is 35.6 Å². The molecule has 4 rings (SSSR count). The van der Waals surface area contributed by atoms with Gasteiger partial charge in [-0.2, -0.15) is 18.3 Å². The van der Waals surface area contributed by atoms with Gasteiger partial charge >= 0.3 is 6.18 Å². The molecule has 0 saturated heterocycles. The van der Waals surface area contributed by atoms with Crippen molar-refractivity contribution in [2.45, 2.75) is 43.1 Å². The predicted octanol–water partition coefficient (Wildman–Crippen LogP) is 3.57. The summed E-state index contributed by atoms with van der Waals surface area (Å²) in [6.07, 6.45) is -4.77. The lowest BCUT2D eigenvalue weighted by atomic mass is 9.58. The molecule has 1 aliphatic rings. The Morgan fingerprint density at radius 3 is 2.50 bits per heavy atom. The van der Waals surface area contributed by atoms with Crippen molar-refractivity contribution in [3.05, 3.63) is 63.0 Å². The number of halogens is 4. The molecular formula is C23H23ClF3N3O4. The maximum atomic E-state index is 14.3. The van der Waals surface area contributed by atoms with Crippen molar-refractivity contribution in [3.8, 4) is 5.75 Å². The number of phenols is 1. The largest absolute Gasteiger partial charge is 0.506 e. The molecule has 1 aliphatic carbocycles. The number of benzene rings is 2. The standard InChI is InChI=1S/C23H23ClF3N3O4/c1-20(2)10-22(34,23(25,26)27)21(33,14-7-8-15(24)18(31)17(14)20)11-28-16-6-4-5-12-13(16)9-29-30(3)19(12)32/h4-9,28,31,33-34H,10-11H2,1-3H3. The zero-order chi connectivity index (χ0) is 25.3. The van der Waals surface area contributed by atoms with E-state index in [-0.39, 0.29) is 27.2 Å². The number of hydrogen-bond acceptors (Lipinski definition) is 6. The monoisotopic (exact) mass is 497 g/mol. The smallest absolute Gasteiger partial charge is 0.420 e.